The van der Waals surface area contributed by atoms with Gasteiger partial charge in [0.2, 0.25) is 0 Å². The van der Waals surface area contributed by atoms with E-state index >= 15 is 0 Å². The van der Waals surface area contributed by atoms with Crippen molar-refractivity contribution >= 4 is 35.9 Å². The van der Waals surface area contributed by atoms with Gasteiger partial charge < -0.3 is 19.7 Å². The number of methoxy groups -OCH3 is 1. The first-order valence-electron chi connectivity index (χ1n) is 10.0. The van der Waals surface area contributed by atoms with Gasteiger partial charge in [0.05, 0.1) is 26.2 Å². The lowest BCUT2D eigenvalue weighted by Gasteiger charge is -2.33. The first-order chi connectivity index (χ1) is 13.2. The Morgan fingerprint density at radius 2 is 1.93 bits per heavy atom. The second-order valence-corrected chi connectivity index (χ2v) is 7.32. The van der Waals surface area contributed by atoms with Crippen molar-refractivity contribution in [3.05, 3.63) is 29.8 Å². The van der Waals surface area contributed by atoms with E-state index in [1.165, 1.54) is 20.0 Å². The molecule has 2 fully saturated rings. The fourth-order valence-corrected chi connectivity index (χ4v) is 3.35. The van der Waals surface area contributed by atoms with E-state index in [0.717, 1.165) is 62.3 Å². The highest BCUT2D eigenvalue weighted by atomic mass is 127. The number of hydrogen-bond acceptors (Lipinski definition) is 4. The maximum Gasteiger partial charge on any atom is 0.308 e. The Morgan fingerprint density at radius 1 is 1.21 bits per heavy atom. The minimum Gasteiger partial charge on any atom is -0.493 e. The normalized spacial score (nSPS) is 17.6. The van der Waals surface area contributed by atoms with Gasteiger partial charge in [-0.1, -0.05) is 18.2 Å². The van der Waals surface area contributed by atoms with Gasteiger partial charge in [0, 0.05) is 25.2 Å². The van der Waals surface area contributed by atoms with Gasteiger partial charge >= 0.3 is 5.97 Å². The van der Waals surface area contributed by atoms with Crippen LogP contribution in [-0.4, -0.2) is 50.2 Å². The van der Waals surface area contributed by atoms with Crippen LogP contribution in [0.5, 0.6) is 5.75 Å². The molecule has 1 aromatic carbocycles. The molecule has 1 saturated carbocycles. The molecule has 28 heavy (non-hydrogen) atoms. The standard InChI is InChI=1S/C21H31N3O3.HI/c1-3-22-21(24-12-10-17(11-13-24)20(25)26-2)23-14-18-6-4-5-7-19(18)27-15-16-8-9-16;/h4-7,16-17H,3,8-15H2,1-2H3,(H,22,23);1H. The molecular formula is C21H32IN3O3. The average Bonchev–Trinajstić information content (AvgIpc) is 3.54. The third-order valence-corrected chi connectivity index (χ3v) is 5.21. The number of hydrogen-bond donors (Lipinski definition) is 1. The van der Waals surface area contributed by atoms with Crippen molar-refractivity contribution in [1.82, 2.24) is 10.2 Å². The average molecular weight is 501 g/mol. The number of carbonyl (C=O) groups is 1. The number of piperidine rings is 1. The molecule has 3 rings (SSSR count). The van der Waals surface area contributed by atoms with Crippen LogP contribution in [0, 0.1) is 11.8 Å². The minimum absolute atomic E-state index is 0. The lowest BCUT2D eigenvalue weighted by atomic mass is 9.97. The van der Waals surface area contributed by atoms with Crippen molar-refractivity contribution in [1.29, 1.82) is 0 Å². The van der Waals surface area contributed by atoms with Crippen LogP contribution in [0.1, 0.15) is 38.2 Å². The first-order valence-corrected chi connectivity index (χ1v) is 10.0. The maximum atomic E-state index is 11.7. The summed E-state index contributed by atoms with van der Waals surface area (Å²) in [5.41, 5.74) is 1.11. The van der Waals surface area contributed by atoms with Gasteiger partial charge in [0.15, 0.2) is 5.96 Å². The summed E-state index contributed by atoms with van der Waals surface area (Å²) < 4.78 is 10.9. The molecule has 0 aromatic heterocycles. The van der Waals surface area contributed by atoms with Crippen LogP contribution in [-0.2, 0) is 16.1 Å². The molecule has 0 spiro atoms. The van der Waals surface area contributed by atoms with Gasteiger partial charge in [0.25, 0.3) is 0 Å². The van der Waals surface area contributed by atoms with Gasteiger partial charge in [-0.15, -0.1) is 24.0 Å². The number of likely N-dealkylation sites (tertiary alicyclic amines) is 1. The first kappa shape index (κ1) is 22.8. The van der Waals surface area contributed by atoms with Crippen molar-refractivity contribution in [2.75, 3.05) is 33.4 Å². The second kappa shape index (κ2) is 11.5. The highest BCUT2D eigenvalue weighted by Gasteiger charge is 2.27. The van der Waals surface area contributed by atoms with Crippen LogP contribution in [0.3, 0.4) is 0 Å². The number of nitrogens with one attached hydrogen (secondary N) is 1. The van der Waals surface area contributed by atoms with Crippen molar-refractivity contribution in [2.45, 2.75) is 39.2 Å². The van der Waals surface area contributed by atoms with Crippen molar-refractivity contribution in [3.63, 3.8) is 0 Å². The Balaban J connectivity index is 0.00000280. The fourth-order valence-electron chi connectivity index (χ4n) is 3.35. The van der Waals surface area contributed by atoms with E-state index in [0.29, 0.717) is 6.54 Å². The van der Waals surface area contributed by atoms with Gasteiger partial charge in [-0.05, 0) is 44.6 Å². The summed E-state index contributed by atoms with van der Waals surface area (Å²) in [7, 11) is 1.46. The monoisotopic (exact) mass is 501 g/mol. The van der Waals surface area contributed by atoms with Crippen molar-refractivity contribution < 1.29 is 14.3 Å². The SMILES string of the molecule is CCNC(=NCc1ccccc1OCC1CC1)N1CCC(C(=O)OC)CC1.I. The van der Waals surface area contributed by atoms with Crippen LogP contribution < -0.4 is 10.1 Å². The minimum atomic E-state index is -0.0988. The molecule has 7 heteroatoms. The molecule has 0 amide bonds. The van der Waals surface area contributed by atoms with Crippen molar-refractivity contribution in [2.24, 2.45) is 16.8 Å². The number of nitrogens with zero attached hydrogens (tertiary/aromatic N) is 2. The molecule has 156 valence electrons. The molecular weight excluding hydrogens is 469 g/mol. The molecule has 6 nitrogen and oxygen atoms in total. The Kier molecular flexibility index (Phi) is 9.34. The molecule has 1 aromatic rings. The second-order valence-electron chi connectivity index (χ2n) is 7.32. The van der Waals surface area contributed by atoms with Gasteiger partial charge in [-0.3, -0.25) is 4.79 Å². The smallest absolute Gasteiger partial charge is 0.308 e. The summed E-state index contributed by atoms with van der Waals surface area (Å²) in [6.45, 7) is 5.90. The van der Waals surface area contributed by atoms with E-state index in [9.17, 15) is 4.79 Å². The molecule has 1 heterocycles. The van der Waals surface area contributed by atoms with Gasteiger partial charge in [-0.2, -0.15) is 0 Å². The molecule has 1 N–H and O–H groups in total. The number of guanidine groups is 1. The number of benzene rings is 1. The highest BCUT2D eigenvalue weighted by Crippen LogP contribution is 2.30. The van der Waals surface area contributed by atoms with E-state index in [-0.39, 0.29) is 35.9 Å². The fraction of sp³-hybridized carbons (Fsp3) is 0.619. The maximum absolute atomic E-state index is 11.7. The van der Waals surface area contributed by atoms with Gasteiger partial charge in [0.1, 0.15) is 5.75 Å². The Bertz CT molecular complexity index is 656. The summed E-state index contributed by atoms with van der Waals surface area (Å²) in [6, 6.07) is 8.16. The largest absolute Gasteiger partial charge is 0.493 e. The predicted molar refractivity (Wildman–Crippen MR) is 121 cm³/mol. The summed E-state index contributed by atoms with van der Waals surface area (Å²) in [5.74, 6) is 2.48. The topological polar surface area (TPSA) is 63.2 Å². The Hall–Kier alpha value is -1.51. The zero-order valence-electron chi connectivity index (χ0n) is 16.9. The van der Waals surface area contributed by atoms with Crippen LogP contribution >= 0.6 is 24.0 Å². The van der Waals surface area contributed by atoms with Crippen LogP contribution in [0.4, 0.5) is 0 Å². The van der Waals surface area contributed by atoms with Crippen LogP contribution in [0.2, 0.25) is 0 Å². The Labute approximate surface area is 185 Å². The lowest BCUT2D eigenvalue weighted by Crippen LogP contribution is -2.46. The number of rotatable bonds is 7. The van der Waals surface area contributed by atoms with Crippen molar-refractivity contribution in [3.8, 4) is 5.75 Å². The van der Waals surface area contributed by atoms with E-state index < -0.39 is 0 Å². The third kappa shape index (κ3) is 6.53. The van der Waals surface area contributed by atoms with E-state index in [1.54, 1.807) is 0 Å². The predicted octanol–water partition coefficient (Wildman–Crippen LogP) is 3.44. The molecule has 0 atom stereocenters. The summed E-state index contributed by atoms with van der Waals surface area (Å²) >= 11 is 0. The van der Waals surface area contributed by atoms with E-state index in [4.69, 9.17) is 14.5 Å². The molecule has 1 aliphatic carbocycles. The van der Waals surface area contributed by atoms with Gasteiger partial charge in [-0.25, -0.2) is 4.99 Å². The summed E-state index contributed by atoms with van der Waals surface area (Å²) in [5, 5.41) is 3.38. The number of halogens is 1. The summed E-state index contributed by atoms with van der Waals surface area (Å²) in [6.07, 6.45) is 4.18. The number of carbonyl (C=O) groups excluding carboxylic acids is 1. The zero-order chi connectivity index (χ0) is 19.1. The summed E-state index contributed by atoms with van der Waals surface area (Å²) in [4.78, 5) is 18.8. The van der Waals surface area contributed by atoms with Crippen LogP contribution in [0.25, 0.3) is 0 Å². The van der Waals surface area contributed by atoms with E-state index in [2.05, 4.69) is 23.2 Å². The van der Waals surface area contributed by atoms with E-state index in [1.807, 2.05) is 18.2 Å². The van der Waals surface area contributed by atoms with Crippen LogP contribution in [0.15, 0.2) is 29.3 Å². The zero-order valence-corrected chi connectivity index (χ0v) is 19.2. The lowest BCUT2D eigenvalue weighted by molar-refractivity contribution is -0.146. The quantitative estimate of drug-likeness (QED) is 0.269. The molecule has 0 unspecified atom stereocenters. The molecule has 2 aliphatic rings. The number of para-hydroxylation sites is 1. The number of ether oxygens (including phenoxy) is 2. The third-order valence-electron chi connectivity index (χ3n) is 5.21. The number of aliphatic imine (C=N–C) groups is 1. The highest BCUT2D eigenvalue weighted by molar-refractivity contribution is 14.0. The molecule has 1 aliphatic heterocycles. The molecule has 0 bridgehead atoms. The Morgan fingerprint density at radius 3 is 2.57 bits per heavy atom. The number of esters is 1. The molecule has 0 radical (unpaired) electrons. The molecule has 1 saturated heterocycles.